The van der Waals surface area contributed by atoms with E-state index in [4.69, 9.17) is 5.11 Å². The molecule has 0 aromatic heterocycles. The lowest BCUT2D eigenvalue weighted by Crippen LogP contribution is -2.40. The molecule has 0 bridgehead atoms. The zero-order chi connectivity index (χ0) is 10.9. The van der Waals surface area contributed by atoms with Crippen molar-refractivity contribution in [3.63, 3.8) is 0 Å². The summed E-state index contributed by atoms with van der Waals surface area (Å²) in [5.74, 6) is -7.60. The number of allylic oxidation sites excluding steroid dienone is 1. The molecule has 0 heterocycles. The summed E-state index contributed by atoms with van der Waals surface area (Å²) in [6.07, 6.45) is -5.66. The zero-order valence-electron chi connectivity index (χ0n) is 6.32. The number of halogens is 5. The van der Waals surface area contributed by atoms with Gasteiger partial charge in [0.15, 0.2) is 0 Å². The Balaban J connectivity index is 5.15. The Kier molecular flexibility index (Phi) is 3.02. The molecule has 0 atom stereocenters. The maximum absolute atomic E-state index is 12.3. The highest BCUT2D eigenvalue weighted by Crippen LogP contribution is 2.40. The van der Waals surface area contributed by atoms with E-state index in [1.807, 2.05) is 0 Å². The average molecular weight is 204 g/mol. The lowest BCUT2D eigenvalue weighted by Gasteiger charge is -2.19. The van der Waals surface area contributed by atoms with Crippen molar-refractivity contribution in [3.05, 3.63) is 11.6 Å². The van der Waals surface area contributed by atoms with E-state index in [0.29, 0.717) is 0 Å². The van der Waals surface area contributed by atoms with Crippen LogP contribution in [-0.2, 0) is 4.79 Å². The third-order valence-corrected chi connectivity index (χ3v) is 1.21. The van der Waals surface area contributed by atoms with E-state index < -0.39 is 23.6 Å². The van der Waals surface area contributed by atoms with Crippen molar-refractivity contribution >= 4 is 5.97 Å². The van der Waals surface area contributed by atoms with E-state index in [2.05, 4.69) is 0 Å². The lowest BCUT2D eigenvalue weighted by molar-refractivity contribution is -0.264. The van der Waals surface area contributed by atoms with Gasteiger partial charge in [-0.2, -0.15) is 22.0 Å². The normalized spacial score (nSPS) is 14.5. The highest BCUT2D eigenvalue weighted by molar-refractivity contribution is 5.88. The van der Waals surface area contributed by atoms with Gasteiger partial charge in [-0.15, -0.1) is 0 Å². The van der Waals surface area contributed by atoms with Gasteiger partial charge in [-0.3, -0.25) is 0 Å². The second-order valence-corrected chi connectivity index (χ2v) is 2.08. The van der Waals surface area contributed by atoms with E-state index in [1.54, 1.807) is 0 Å². The standard InChI is InChI=1S/C6H5F5O2/c1-2-3(4(12)13)5(7,8)6(9,10)11/h2H,1H3,(H,12,13). The molecule has 2 nitrogen and oxygen atoms in total. The van der Waals surface area contributed by atoms with Crippen LogP contribution in [0.4, 0.5) is 22.0 Å². The third-order valence-electron chi connectivity index (χ3n) is 1.21. The van der Waals surface area contributed by atoms with Gasteiger partial charge in [0.25, 0.3) is 0 Å². The number of alkyl halides is 5. The van der Waals surface area contributed by atoms with Gasteiger partial charge in [0.2, 0.25) is 0 Å². The predicted octanol–water partition coefficient (Wildman–Crippen LogP) is 2.21. The molecule has 7 heteroatoms. The fraction of sp³-hybridized carbons (Fsp3) is 0.500. The molecule has 0 saturated heterocycles. The van der Waals surface area contributed by atoms with Crippen LogP contribution in [0.5, 0.6) is 0 Å². The molecule has 0 spiro atoms. The van der Waals surface area contributed by atoms with Crippen LogP contribution in [0, 0.1) is 0 Å². The largest absolute Gasteiger partial charge is 0.478 e. The van der Waals surface area contributed by atoms with Crippen molar-refractivity contribution in [1.82, 2.24) is 0 Å². The molecule has 0 radical (unpaired) electrons. The highest BCUT2D eigenvalue weighted by Gasteiger charge is 2.61. The summed E-state index contributed by atoms with van der Waals surface area (Å²) in [6, 6.07) is 0. The van der Waals surface area contributed by atoms with E-state index >= 15 is 0 Å². The molecule has 0 aliphatic heterocycles. The van der Waals surface area contributed by atoms with E-state index in [-0.39, 0.29) is 6.08 Å². The highest BCUT2D eigenvalue weighted by atomic mass is 19.4. The predicted molar refractivity (Wildman–Crippen MR) is 32.4 cm³/mol. The lowest BCUT2D eigenvalue weighted by atomic mass is 10.1. The topological polar surface area (TPSA) is 37.3 Å². The number of hydrogen-bond donors (Lipinski definition) is 1. The Labute approximate surface area is 69.7 Å². The summed E-state index contributed by atoms with van der Waals surface area (Å²) in [7, 11) is 0. The minimum absolute atomic E-state index is 0.218. The molecule has 0 saturated carbocycles. The quantitative estimate of drug-likeness (QED) is 0.553. The zero-order valence-corrected chi connectivity index (χ0v) is 6.32. The Bertz CT molecular complexity index is 240. The summed E-state index contributed by atoms with van der Waals surface area (Å²) in [4.78, 5) is 9.98. The Morgan fingerprint density at radius 1 is 1.23 bits per heavy atom. The Hall–Kier alpha value is -1.14. The van der Waals surface area contributed by atoms with Gasteiger partial charge in [-0.05, 0) is 6.92 Å². The monoisotopic (exact) mass is 204 g/mol. The maximum atomic E-state index is 12.3. The van der Waals surface area contributed by atoms with Gasteiger partial charge in [-0.1, -0.05) is 6.08 Å². The first-order valence-corrected chi connectivity index (χ1v) is 2.99. The molecule has 0 aromatic carbocycles. The van der Waals surface area contributed by atoms with Crippen LogP contribution in [0.2, 0.25) is 0 Å². The van der Waals surface area contributed by atoms with E-state index in [0.717, 1.165) is 6.92 Å². The van der Waals surface area contributed by atoms with Gasteiger partial charge in [0.1, 0.15) is 5.57 Å². The van der Waals surface area contributed by atoms with Crippen molar-refractivity contribution < 1.29 is 31.9 Å². The van der Waals surface area contributed by atoms with Crippen LogP contribution >= 0.6 is 0 Å². The first-order chi connectivity index (χ1) is 5.64. The smallest absolute Gasteiger partial charge is 0.458 e. The maximum Gasteiger partial charge on any atom is 0.458 e. The molecule has 0 aliphatic rings. The van der Waals surface area contributed by atoms with Crippen molar-refractivity contribution in [1.29, 1.82) is 0 Å². The minimum atomic E-state index is -5.88. The minimum Gasteiger partial charge on any atom is -0.478 e. The second-order valence-electron chi connectivity index (χ2n) is 2.08. The second kappa shape index (κ2) is 3.31. The summed E-state index contributed by atoms with van der Waals surface area (Å²) in [6.45, 7) is 0.795. The van der Waals surface area contributed by atoms with Gasteiger partial charge < -0.3 is 5.11 Å². The number of carbonyl (C=O) groups is 1. The average Bonchev–Trinajstić information content (AvgIpc) is 1.83. The molecule has 0 amide bonds. The molecule has 0 unspecified atom stereocenters. The molecule has 0 rings (SSSR count). The van der Waals surface area contributed by atoms with Crippen LogP contribution in [-0.4, -0.2) is 23.2 Å². The van der Waals surface area contributed by atoms with Crippen molar-refractivity contribution in [2.75, 3.05) is 0 Å². The van der Waals surface area contributed by atoms with Crippen LogP contribution in [0.3, 0.4) is 0 Å². The molecule has 0 aliphatic carbocycles. The third kappa shape index (κ3) is 2.16. The first kappa shape index (κ1) is 11.9. The summed E-state index contributed by atoms with van der Waals surface area (Å²) < 4.78 is 59.3. The molecule has 0 fully saturated rings. The summed E-state index contributed by atoms with van der Waals surface area (Å²) >= 11 is 0. The number of aliphatic carboxylic acids is 1. The summed E-state index contributed by atoms with van der Waals surface area (Å²) in [5, 5.41) is 8.02. The van der Waals surface area contributed by atoms with Crippen molar-refractivity contribution in [2.24, 2.45) is 0 Å². The molecular formula is C6H5F5O2. The van der Waals surface area contributed by atoms with Crippen LogP contribution < -0.4 is 0 Å². The number of hydrogen-bond acceptors (Lipinski definition) is 1. The Morgan fingerprint density at radius 3 is 1.69 bits per heavy atom. The molecule has 0 aromatic rings. The van der Waals surface area contributed by atoms with Crippen molar-refractivity contribution in [2.45, 2.75) is 19.0 Å². The van der Waals surface area contributed by atoms with E-state index in [1.165, 1.54) is 0 Å². The fourth-order valence-electron chi connectivity index (χ4n) is 0.592. The number of rotatable bonds is 2. The van der Waals surface area contributed by atoms with Crippen LogP contribution in [0.1, 0.15) is 6.92 Å². The first-order valence-electron chi connectivity index (χ1n) is 2.99. The molecule has 13 heavy (non-hydrogen) atoms. The fourth-order valence-corrected chi connectivity index (χ4v) is 0.592. The molecular weight excluding hydrogens is 199 g/mol. The molecule has 76 valence electrons. The van der Waals surface area contributed by atoms with Gasteiger partial charge in [0, 0.05) is 0 Å². The Morgan fingerprint density at radius 2 is 1.62 bits per heavy atom. The van der Waals surface area contributed by atoms with Crippen LogP contribution in [0.25, 0.3) is 0 Å². The van der Waals surface area contributed by atoms with Gasteiger partial charge in [-0.25, -0.2) is 4.79 Å². The van der Waals surface area contributed by atoms with Gasteiger partial charge in [0.05, 0.1) is 0 Å². The van der Waals surface area contributed by atoms with Crippen LogP contribution in [0.15, 0.2) is 11.6 Å². The van der Waals surface area contributed by atoms with Gasteiger partial charge >= 0.3 is 18.1 Å². The number of carboxylic acids is 1. The number of carboxylic acid groups (broad SMARTS) is 1. The van der Waals surface area contributed by atoms with E-state index in [9.17, 15) is 26.7 Å². The summed E-state index contributed by atoms with van der Waals surface area (Å²) in [5.41, 5.74) is -1.97. The van der Waals surface area contributed by atoms with Crippen molar-refractivity contribution in [3.8, 4) is 0 Å². The SMILES string of the molecule is CC=C(C(=O)O)C(F)(F)C(F)(F)F. The molecule has 1 N–H and O–H groups in total.